The van der Waals surface area contributed by atoms with E-state index in [1.807, 2.05) is 0 Å². The number of nitrogens with one attached hydrogen (secondary N) is 1. The Labute approximate surface area is 115 Å². The number of nitrogens with two attached hydrogens (primary N) is 2. The zero-order chi connectivity index (χ0) is 13.0. The van der Waals surface area contributed by atoms with Crippen LogP contribution < -0.4 is 16.8 Å². The van der Waals surface area contributed by atoms with E-state index < -0.39 is 0 Å². The molecule has 0 aliphatic heterocycles. The molecule has 0 unspecified atom stereocenters. The molecule has 5 N–H and O–H groups in total. The van der Waals surface area contributed by atoms with E-state index in [0.29, 0.717) is 15.8 Å². The molecule has 0 saturated carbocycles. The highest BCUT2D eigenvalue weighted by atomic mass is 79.9. The zero-order valence-electron chi connectivity index (χ0n) is 8.46. The van der Waals surface area contributed by atoms with Crippen molar-refractivity contribution in [2.45, 2.75) is 0 Å². The first-order valence-electron chi connectivity index (χ1n) is 4.31. The van der Waals surface area contributed by atoms with Gasteiger partial charge in [0.05, 0.1) is 11.4 Å². The molecule has 17 heavy (non-hydrogen) atoms. The lowest BCUT2D eigenvalue weighted by Gasteiger charge is -2.11. The van der Waals surface area contributed by atoms with E-state index in [-0.39, 0.29) is 11.4 Å². The lowest BCUT2D eigenvalue weighted by molar-refractivity contribution is 1.27. The third kappa shape index (κ3) is 3.13. The van der Waals surface area contributed by atoms with Crippen LogP contribution in [-0.2, 0) is 0 Å². The van der Waals surface area contributed by atoms with Gasteiger partial charge in [-0.1, -0.05) is 15.9 Å². The predicted octanol–water partition coefficient (Wildman–Crippen LogP) is 2.42. The number of nitrogens with zero attached hydrogens (tertiary/aromatic N) is 2. The number of hydrogen-bond donors (Lipinski definition) is 3. The van der Waals surface area contributed by atoms with Crippen LogP contribution in [0.2, 0.25) is 0 Å². The van der Waals surface area contributed by atoms with Crippen LogP contribution in [0.3, 0.4) is 0 Å². The van der Waals surface area contributed by atoms with Gasteiger partial charge in [0.15, 0.2) is 5.57 Å². The predicted molar refractivity (Wildman–Crippen MR) is 72.3 cm³/mol. The number of nitriles is 2. The zero-order valence-corrected chi connectivity index (χ0v) is 11.6. The first-order valence-corrected chi connectivity index (χ1v) is 5.89. The number of allylic oxidation sites excluding steroid dienone is 1. The monoisotopic (exact) mass is 355 g/mol. The number of benzene rings is 1. The molecule has 0 spiro atoms. The van der Waals surface area contributed by atoms with Crippen LogP contribution in [0.25, 0.3) is 0 Å². The van der Waals surface area contributed by atoms with E-state index in [1.165, 1.54) is 0 Å². The molecular weight excluding hydrogens is 350 g/mol. The maximum Gasteiger partial charge on any atom is 0.169 e. The van der Waals surface area contributed by atoms with Crippen molar-refractivity contribution < 1.29 is 0 Å². The number of hydrogen-bond acceptors (Lipinski definition) is 5. The van der Waals surface area contributed by atoms with Gasteiger partial charge in [-0.25, -0.2) is 0 Å². The van der Waals surface area contributed by atoms with Crippen molar-refractivity contribution in [2.75, 3.05) is 11.1 Å². The summed E-state index contributed by atoms with van der Waals surface area (Å²) in [7, 11) is 0. The van der Waals surface area contributed by atoms with Crippen LogP contribution in [-0.4, -0.2) is 0 Å². The molecule has 86 valence electrons. The summed E-state index contributed by atoms with van der Waals surface area (Å²) in [5, 5.41) is 20.0. The van der Waals surface area contributed by atoms with Crippen molar-refractivity contribution in [1.29, 1.82) is 10.5 Å². The van der Waals surface area contributed by atoms with E-state index >= 15 is 0 Å². The van der Waals surface area contributed by atoms with Gasteiger partial charge in [-0.05, 0) is 28.1 Å². The third-order valence-electron chi connectivity index (χ3n) is 1.86. The lowest BCUT2D eigenvalue weighted by atomic mass is 10.2. The maximum atomic E-state index is 8.65. The summed E-state index contributed by atoms with van der Waals surface area (Å²) in [4.78, 5) is 0. The van der Waals surface area contributed by atoms with Crippen LogP contribution in [0.5, 0.6) is 0 Å². The fourth-order valence-electron chi connectivity index (χ4n) is 1.04. The van der Waals surface area contributed by atoms with Crippen molar-refractivity contribution in [3.05, 3.63) is 32.5 Å². The highest BCUT2D eigenvalue weighted by Gasteiger charge is 2.08. The van der Waals surface area contributed by atoms with Gasteiger partial charge in [-0.15, -0.1) is 0 Å². The second-order valence-corrected chi connectivity index (χ2v) is 4.76. The Kier molecular flexibility index (Phi) is 4.38. The molecule has 0 radical (unpaired) electrons. The van der Waals surface area contributed by atoms with Crippen LogP contribution in [0, 0.1) is 22.7 Å². The van der Waals surface area contributed by atoms with Crippen molar-refractivity contribution in [3.8, 4) is 12.1 Å². The quantitative estimate of drug-likeness (QED) is 0.556. The summed E-state index contributed by atoms with van der Waals surface area (Å²) in [5.74, 6) is -0.0355. The Bertz CT molecular complexity index is 549. The molecule has 7 heteroatoms. The molecule has 0 heterocycles. The van der Waals surface area contributed by atoms with E-state index in [9.17, 15) is 0 Å². The Morgan fingerprint density at radius 1 is 1.24 bits per heavy atom. The first kappa shape index (κ1) is 13.4. The average Bonchev–Trinajstić information content (AvgIpc) is 2.27. The van der Waals surface area contributed by atoms with Gasteiger partial charge in [0.1, 0.15) is 18.0 Å². The van der Waals surface area contributed by atoms with E-state index in [0.717, 1.165) is 4.47 Å². The van der Waals surface area contributed by atoms with Crippen molar-refractivity contribution in [3.63, 3.8) is 0 Å². The highest BCUT2D eigenvalue weighted by molar-refractivity contribution is 9.11. The highest BCUT2D eigenvalue weighted by Crippen LogP contribution is 2.32. The van der Waals surface area contributed by atoms with Gasteiger partial charge >= 0.3 is 0 Å². The molecular formula is C10H7Br2N5. The molecule has 5 nitrogen and oxygen atoms in total. The second-order valence-electron chi connectivity index (χ2n) is 2.99. The first-order chi connectivity index (χ1) is 7.99. The lowest BCUT2D eigenvalue weighted by Crippen LogP contribution is -2.13. The largest absolute Gasteiger partial charge is 0.396 e. The number of nitrogen functional groups attached to an aromatic ring is 1. The Balaban J connectivity index is 3.19. The number of halogens is 2. The topological polar surface area (TPSA) is 112 Å². The van der Waals surface area contributed by atoms with E-state index in [4.69, 9.17) is 22.0 Å². The molecule has 0 aliphatic rings. The maximum absolute atomic E-state index is 8.65. The molecule has 0 aromatic heterocycles. The summed E-state index contributed by atoms with van der Waals surface area (Å²) in [6.45, 7) is 0. The molecule has 1 rings (SSSR count). The fourth-order valence-corrected chi connectivity index (χ4v) is 2.27. The Morgan fingerprint density at radius 2 is 1.82 bits per heavy atom. The van der Waals surface area contributed by atoms with Gasteiger partial charge in [0.25, 0.3) is 0 Å². The van der Waals surface area contributed by atoms with Crippen LogP contribution >= 0.6 is 31.9 Å². The average molecular weight is 357 g/mol. The molecule has 1 aromatic rings. The summed E-state index contributed by atoms with van der Waals surface area (Å²) < 4.78 is 1.46. The summed E-state index contributed by atoms with van der Waals surface area (Å²) in [6.07, 6.45) is 0. The molecule has 1 aromatic carbocycles. The van der Waals surface area contributed by atoms with Crippen molar-refractivity contribution in [1.82, 2.24) is 0 Å². The summed E-state index contributed by atoms with van der Waals surface area (Å²) in [6, 6.07) is 6.84. The molecule has 0 saturated heterocycles. The van der Waals surface area contributed by atoms with Crippen LogP contribution in [0.15, 0.2) is 32.5 Å². The molecule has 0 atom stereocenters. The molecule has 0 fully saturated rings. The van der Waals surface area contributed by atoms with E-state index in [2.05, 4.69) is 37.2 Å². The van der Waals surface area contributed by atoms with Crippen LogP contribution in [0.1, 0.15) is 0 Å². The Morgan fingerprint density at radius 3 is 2.35 bits per heavy atom. The summed E-state index contributed by atoms with van der Waals surface area (Å²) in [5.41, 5.74) is 12.1. The fraction of sp³-hybridized carbons (Fsp3) is 0. The van der Waals surface area contributed by atoms with Gasteiger partial charge in [-0.3, -0.25) is 0 Å². The minimum Gasteiger partial charge on any atom is -0.396 e. The van der Waals surface area contributed by atoms with Crippen molar-refractivity contribution in [2.24, 2.45) is 5.73 Å². The molecule has 0 bridgehead atoms. The van der Waals surface area contributed by atoms with Gasteiger partial charge in [0, 0.05) is 8.95 Å². The van der Waals surface area contributed by atoms with E-state index in [1.54, 1.807) is 24.3 Å². The molecule has 0 aliphatic carbocycles. The molecule has 0 amide bonds. The van der Waals surface area contributed by atoms with Crippen LogP contribution in [0.4, 0.5) is 11.4 Å². The third-order valence-corrected chi connectivity index (χ3v) is 2.97. The Hall–Kier alpha value is -1.70. The summed E-state index contributed by atoms with van der Waals surface area (Å²) >= 11 is 6.57. The van der Waals surface area contributed by atoms with Gasteiger partial charge in [0.2, 0.25) is 0 Å². The van der Waals surface area contributed by atoms with Gasteiger partial charge in [-0.2, -0.15) is 10.5 Å². The second kappa shape index (κ2) is 5.58. The normalized spacial score (nSPS) is 8.94. The SMILES string of the molecule is N#CC(C#N)=C(N)Nc1cc(Br)cc(Br)c1N. The smallest absolute Gasteiger partial charge is 0.169 e. The minimum atomic E-state index is -0.194. The minimum absolute atomic E-state index is 0.0355. The number of rotatable bonds is 2. The van der Waals surface area contributed by atoms with Crippen molar-refractivity contribution >= 4 is 43.2 Å². The number of anilines is 2. The van der Waals surface area contributed by atoms with Gasteiger partial charge < -0.3 is 16.8 Å². The standard InChI is InChI=1S/C10H7Br2N5/c11-6-1-7(12)9(15)8(2-6)17-10(16)5(3-13)4-14/h1-2,17H,15-16H2.